The Hall–Kier alpha value is -4.12. The Morgan fingerprint density at radius 3 is 2.77 bits per heavy atom. The molecule has 5 N–H and O–H groups in total. The third kappa shape index (κ3) is 3.22. The van der Waals surface area contributed by atoms with Crippen molar-refractivity contribution in [3.05, 3.63) is 81.7 Å². The van der Waals surface area contributed by atoms with Crippen LogP contribution in [0.5, 0.6) is 0 Å². The lowest BCUT2D eigenvalue weighted by molar-refractivity contribution is 0.102. The fourth-order valence-electron chi connectivity index (χ4n) is 2.30. The number of benzene rings is 1. The van der Waals surface area contributed by atoms with Gasteiger partial charge in [-0.1, -0.05) is 0 Å². The number of hydrogen-bond donors (Lipinski definition) is 4. The van der Waals surface area contributed by atoms with Crippen LogP contribution in [-0.2, 0) is 0 Å². The van der Waals surface area contributed by atoms with Gasteiger partial charge in [0.05, 0.1) is 18.2 Å². The first kappa shape index (κ1) is 16.7. The number of H-pyrrole nitrogens is 1. The van der Waals surface area contributed by atoms with Gasteiger partial charge in [0.15, 0.2) is 5.43 Å². The van der Waals surface area contributed by atoms with Crippen LogP contribution in [0.2, 0.25) is 0 Å². The number of pyridine rings is 1. The highest BCUT2D eigenvalue weighted by Crippen LogP contribution is 2.21. The van der Waals surface area contributed by atoms with Gasteiger partial charge in [0, 0.05) is 34.8 Å². The third-order valence-corrected chi connectivity index (χ3v) is 3.67. The number of rotatable bonds is 4. The van der Waals surface area contributed by atoms with Crippen molar-refractivity contribution in [2.24, 2.45) is 0 Å². The van der Waals surface area contributed by atoms with Gasteiger partial charge in [0.25, 0.3) is 5.91 Å². The Labute approximate surface area is 147 Å². The van der Waals surface area contributed by atoms with E-state index in [1.165, 1.54) is 18.7 Å². The molecule has 0 radical (unpaired) electrons. The van der Waals surface area contributed by atoms with E-state index in [2.05, 4.69) is 10.3 Å². The summed E-state index contributed by atoms with van der Waals surface area (Å²) >= 11 is 0. The first-order valence-corrected chi connectivity index (χ1v) is 7.45. The number of hydrogen-bond acceptors (Lipinski definition) is 6. The molecule has 2 heterocycles. The zero-order valence-corrected chi connectivity index (χ0v) is 13.4. The number of carbonyl (C=O) groups is 1. The second-order valence-electron chi connectivity index (χ2n) is 5.38. The van der Waals surface area contributed by atoms with E-state index in [9.17, 15) is 9.59 Å². The minimum atomic E-state index is -0.558. The molecule has 8 nitrogen and oxygen atoms in total. The lowest BCUT2D eigenvalue weighted by Gasteiger charge is -2.10. The van der Waals surface area contributed by atoms with Crippen molar-refractivity contribution >= 4 is 23.0 Å². The van der Waals surface area contributed by atoms with Crippen LogP contribution in [0.15, 0.2) is 58.3 Å². The second-order valence-corrected chi connectivity index (χ2v) is 5.38. The third-order valence-electron chi connectivity index (χ3n) is 3.67. The van der Waals surface area contributed by atoms with Crippen LogP contribution in [0, 0.1) is 16.7 Å². The number of nitrogen functional groups attached to an aromatic ring is 1. The molecule has 128 valence electrons. The molecular weight excluding hydrogens is 334 g/mol. The van der Waals surface area contributed by atoms with Crippen molar-refractivity contribution in [3.63, 3.8) is 0 Å². The van der Waals surface area contributed by atoms with Crippen molar-refractivity contribution in [2.45, 2.75) is 0 Å². The van der Waals surface area contributed by atoms with Gasteiger partial charge in [-0.2, -0.15) is 5.26 Å². The molecule has 0 bridgehead atoms. The van der Waals surface area contributed by atoms with Gasteiger partial charge in [-0.25, -0.2) is 0 Å². The highest BCUT2D eigenvalue weighted by Gasteiger charge is 2.13. The summed E-state index contributed by atoms with van der Waals surface area (Å²) in [5.41, 5.74) is 7.22. The van der Waals surface area contributed by atoms with E-state index in [4.69, 9.17) is 20.8 Å². The normalized spacial score (nSPS) is 10.1. The van der Waals surface area contributed by atoms with E-state index in [-0.39, 0.29) is 17.0 Å². The van der Waals surface area contributed by atoms with E-state index in [1.54, 1.807) is 30.3 Å². The maximum atomic E-state index is 12.3. The number of aromatic nitrogens is 1. The maximum absolute atomic E-state index is 12.3. The van der Waals surface area contributed by atoms with Gasteiger partial charge in [-0.15, -0.1) is 0 Å². The summed E-state index contributed by atoms with van der Waals surface area (Å²) < 4.78 is 4.97. The summed E-state index contributed by atoms with van der Waals surface area (Å²) in [4.78, 5) is 26.6. The van der Waals surface area contributed by atoms with E-state index < -0.39 is 11.3 Å². The number of nitrogens with two attached hydrogens (primary N) is 1. The molecule has 2 aromatic heterocycles. The summed E-state index contributed by atoms with van der Waals surface area (Å²) in [6.45, 7) is 0. The van der Waals surface area contributed by atoms with Crippen LogP contribution in [0.4, 0.5) is 11.4 Å². The van der Waals surface area contributed by atoms with E-state index in [0.29, 0.717) is 22.5 Å². The fourth-order valence-corrected chi connectivity index (χ4v) is 2.30. The molecule has 0 aliphatic heterocycles. The number of nitrogens with zero attached hydrogens (tertiary/aromatic N) is 1. The monoisotopic (exact) mass is 347 g/mol. The average Bonchev–Trinajstić information content (AvgIpc) is 3.17. The van der Waals surface area contributed by atoms with E-state index in [0.717, 1.165) is 6.07 Å². The molecule has 0 saturated heterocycles. The maximum Gasteiger partial charge on any atom is 0.272 e. The highest BCUT2D eigenvalue weighted by atomic mass is 16.3. The van der Waals surface area contributed by atoms with Gasteiger partial charge in [0.1, 0.15) is 17.3 Å². The number of aromatic amines is 1. The van der Waals surface area contributed by atoms with Crippen molar-refractivity contribution in [1.29, 1.82) is 10.7 Å². The molecule has 3 aromatic rings. The molecule has 0 atom stereocenters. The summed E-state index contributed by atoms with van der Waals surface area (Å²) in [5.74, 6) is -0.558. The minimum absolute atomic E-state index is 0.0114. The van der Waals surface area contributed by atoms with Crippen LogP contribution in [-0.4, -0.2) is 16.6 Å². The Morgan fingerprint density at radius 1 is 1.31 bits per heavy atom. The van der Waals surface area contributed by atoms with Gasteiger partial charge in [-0.3, -0.25) is 15.0 Å². The molecule has 0 unspecified atom stereocenters. The van der Waals surface area contributed by atoms with Crippen LogP contribution in [0.3, 0.4) is 0 Å². The van der Waals surface area contributed by atoms with Crippen molar-refractivity contribution in [3.8, 4) is 6.07 Å². The van der Waals surface area contributed by atoms with Crippen LogP contribution in [0.25, 0.3) is 0 Å². The topological polar surface area (TPSA) is 149 Å². The number of anilines is 2. The Morgan fingerprint density at radius 2 is 2.12 bits per heavy atom. The summed E-state index contributed by atoms with van der Waals surface area (Å²) in [5, 5.41) is 19.6. The predicted molar refractivity (Wildman–Crippen MR) is 95.2 cm³/mol. The molecular formula is C18H13N5O3. The second kappa shape index (κ2) is 6.78. The number of nitrogens with one attached hydrogen (secondary N) is 3. The molecule has 8 heteroatoms. The smallest absolute Gasteiger partial charge is 0.272 e. The summed E-state index contributed by atoms with van der Waals surface area (Å²) in [7, 11) is 0. The average molecular weight is 347 g/mol. The molecule has 0 saturated carbocycles. The zero-order chi connectivity index (χ0) is 18.7. The Balaban J connectivity index is 1.87. The molecule has 1 aromatic carbocycles. The van der Waals surface area contributed by atoms with Crippen molar-refractivity contribution in [2.75, 3.05) is 11.1 Å². The molecule has 1 amide bonds. The van der Waals surface area contributed by atoms with Gasteiger partial charge in [0.2, 0.25) is 0 Å². The van der Waals surface area contributed by atoms with Crippen LogP contribution >= 0.6 is 0 Å². The Bertz CT molecular complexity index is 1090. The standard InChI is InChI=1S/C18H13N5O3/c19-7-11-8-22-15(6-16(11)24)18(25)23-12-1-2-14(20)13(5-12)17(21)10-3-4-26-9-10/h1-6,8-9,21H,20H2,(H,22,24)(H,23,25). The van der Waals surface area contributed by atoms with Crippen LogP contribution in [0.1, 0.15) is 27.2 Å². The first-order valence-electron chi connectivity index (χ1n) is 7.45. The molecule has 0 spiro atoms. The molecule has 0 aliphatic rings. The van der Waals surface area contributed by atoms with E-state index in [1.807, 2.05) is 0 Å². The SMILES string of the molecule is N#Cc1c[nH]c(C(=O)Nc2ccc(N)c(C(=N)c3ccoc3)c2)cc1=O. The molecule has 3 rings (SSSR count). The summed E-state index contributed by atoms with van der Waals surface area (Å²) in [6, 6.07) is 9.13. The Kier molecular flexibility index (Phi) is 4.36. The van der Waals surface area contributed by atoms with Gasteiger partial charge in [-0.05, 0) is 24.3 Å². The van der Waals surface area contributed by atoms with Crippen molar-refractivity contribution in [1.82, 2.24) is 4.98 Å². The summed E-state index contributed by atoms with van der Waals surface area (Å²) in [6.07, 6.45) is 4.06. The largest absolute Gasteiger partial charge is 0.472 e. The van der Waals surface area contributed by atoms with Crippen LogP contribution < -0.4 is 16.5 Å². The minimum Gasteiger partial charge on any atom is -0.472 e. The lowest BCUT2D eigenvalue weighted by atomic mass is 10.0. The number of carbonyl (C=O) groups excluding carboxylic acids is 1. The zero-order valence-electron chi connectivity index (χ0n) is 13.4. The number of nitriles is 1. The lowest BCUT2D eigenvalue weighted by Crippen LogP contribution is -2.18. The van der Waals surface area contributed by atoms with Gasteiger partial charge < -0.3 is 20.5 Å². The molecule has 0 fully saturated rings. The first-order chi connectivity index (χ1) is 12.5. The molecule has 0 aliphatic carbocycles. The van der Waals surface area contributed by atoms with E-state index >= 15 is 0 Å². The molecule has 26 heavy (non-hydrogen) atoms. The predicted octanol–water partition coefficient (Wildman–Crippen LogP) is 2.09. The fraction of sp³-hybridized carbons (Fsp3) is 0. The van der Waals surface area contributed by atoms with Crippen molar-refractivity contribution < 1.29 is 9.21 Å². The quantitative estimate of drug-likeness (QED) is 0.421. The highest BCUT2D eigenvalue weighted by molar-refractivity contribution is 6.14. The van der Waals surface area contributed by atoms with Gasteiger partial charge >= 0.3 is 0 Å². The number of furan rings is 1. The number of amides is 1.